The van der Waals surface area contributed by atoms with E-state index >= 15 is 0 Å². The Morgan fingerprint density at radius 3 is 2.54 bits per heavy atom. The van der Waals surface area contributed by atoms with E-state index in [2.05, 4.69) is 26.6 Å². The Hall–Kier alpha value is -2.34. The molecule has 1 saturated heterocycles. The minimum Gasteiger partial charge on any atom is -0.348 e. The van der Waals surface area contributed by atoms with Gasteiger partial charge in [-0.05, 0) is 53.4 Å². The van der Waals surface area contributed by atoms with Crippen LogP contribution >= 0.6 is 15.9 Å². The summed E-state index contributed by atoms with van der Waals surface area (Å²) in [4.78, 5) is 27.0. The molecule has 2 aromatic rings. The van der Waals surface area contributed by atoms with E-state index in [1.165, 1.54) is 0 Å². The number of urea groups is 1. The second kappa shape index (κ2) is 8.36. The van der Waals surface area contributed by atoms with Crippen molar-refractivity contribution in [1.82, 2.24) is 10.2 Å². The first-order chi connectivity index (χ1) is 12.6. The topological polar surface area (TPSA) is 61.4 Å². The number of likely N-dealkylation sites (tertiary alicyclic amines) is 1. The zero-order chi connectivity index (χ0) is 18.5. The minimum absolute atomic E-state index is 0.0996. The molecule has 0 radical (unpaired) electrons. The van der Waals surface area contributed by atoms with Gasteiger partial charge in [-0.1, -0.05) is 42.5 Å². The van der Waals surface area contributed by atoms with Gasteiger partial charge in [0.05, 0.1) is 11.7 Å². The second-order valence-corrected chi connectivity index (χ2v) is 7.26. The summed E-state index contributed by atoms with van der Waals surface area (Å²) in [7, 11) is 0. The number of para-hydroxylation sites is 1. The summed E-state index contributed by atoms with van der Waals surface area (Å²) in [5, 5.41) is 5.91. The normalized spacial score (nSPS) is 17.6. The lowest BCUT2D eigenvalue weighted by Crippen LogP contribution is -2.48. The highest BCUT2D eigenvalue weighted by Gasteiger charge is 2.34. The van der Waals surface area contributed by atoms with Crippen molar-refractivity contribution < 1.29 is 9.59 Å². The molecule has 0 bridgehead atoms. The van der Waals surface area contributed by atoms with Crippen LogP contribution in [0.15, 0.2) is 59.1 Å². The van der Waals surface area contributed by atoms with Crippen molar-refractivity contribution in [2.45, 2.75) is 31.8 Å². The smallest absolute Gasteiger partial charge is 0.322 e. The van der Waals surface area contributed by atoms with E-state index in [4.69, 9.17) is 0 Å². The molecule has 5 nitrogen and oxygen atoms in total. The van der Waals surface area contributed by atoms with E-state index in [1.54, 1.807) is 4.90 Å². The van der Waals surface area contributed by atoms with Crippen LogP contribution in [0, 0.1) is 0 Å². The molecule has 1 fully saturated rings. The molecule has 2 unspecified atom stereocenters. The number of hydrogen-bond acceptors (Lipinski definition) is 2. The Morgan fingerprint density at radius 2 is 1.81 bits per heavy atom. The SMILES string of the molecule is CC(NC(=O)C1CCCN1C(=O)Nc1ccccc1Br)c1ccccc1. The van der Waals surface area contributed by atoms with Crippen LogP contribution in [0.5, 0.6) is 0 Å². The Morgan fingerprint density at radius 1 is 1.12 bits per heavy atom. The Labute approximate surface area is 161 Å². The zero-order valence-corrected chi connectivity index (χ0v) is 16.2. The molecule has 3 rings (SSSR count). The molecular formula is C20H22BrN3O2. The standard InChI is InChI=1S/C20H22BrN3O2/c1-14(15-8-3-2-4-9-15)22-19(25)18-12-7-13-24(18)20(26)23-17-11-6-5-10-16(17)21/h2-6,8-11,14,18H,7,12-13H2,1H3,(H,22,25)(H,23,26). The minimum atomic E-state index is -0.441. The highest BCUT2D eigenvalue weighted by atomic mass is 79.9. The van der Waals surface area contributed by atoms with E-state index in [9.17, 15) is 9.59 Å². The third kappa shape index (κ3) is 4.25. The number of nitrogens with one attached hydrogen (secondary N) is 2. The lowest BCUT2D eigenvalue weighted by atomic mass is 10.1. The molecule has 2 atom stereocenters. The maximum atomic E-state index is 12.7. The molecule has 3 amide bonds. The average Bonchev–Trinajstić information content (AvgIpc) is 3.14. The van der Waals surface area contributed by atoms with E-state index in [0.29, 0.717) is 18.7 Å². The fourth-order valence-corrected chi connectivity index (χ4v) is 3.55. The quantitative estimate of drug-likeness (QED) is 0.780. The van der Waals surface area contributed by atoms with Crippen molar-refractivity contribution in [3.63, 3.8) is 0 Å². The molecule has 0 spiro atoms. The van der Waals surface area contributed by atoms with E-state index in [-0.39, 0.29) is 18.0 Å². The van der Waals surface area contributed by atoms with Gasteiger partial charge >= 0.3 is 6.03 Å². The lowest BCUT2D eigenvalue weighted by molar-refractivity contribution is -0.125. The summed E-state index contributed by atoms with van der Waals surface area (Å²) < 4.78 is 0.811. The monoisotopic (exact) mass is 415 g/mol. The average molecular weight is 416 g/mol. The van der Waals surface area contributed by atoms with Crippen molar-refractivity contribution in [1.29, 1.82) is 0 Å². The van der Waals surface area contributed by atoms with E-state index in [1.807, 2.05) is 61.5 Å². The van der Waals surface area contributed by atoms with Crippen LogP contribution < -0.4 is 10.6 Å². The van der Waals surface area contributed by atoms with Gasteiger partial charge in [-0.2, -0.15) is 0 Å². The number of benzene rings is 2. The molecule has 0 aromatic heterocycles. The molecule has 1 aliphatic rings. The number of carbonyl (C=O) groups excluding carboxylic acids is 2. The van der Waals surface area contributed by atoms with Crippen molar-refractivity contribution in [2.24, 2.45) is 0 Å². The van der Waals surface area contributed by atoms with Gasteiger partial charge < -0.3 is 15.5 Å². The first-order valence-electron chi connectivity index (χ1n) is 8.73. The lowest BCUT2D eigenvalue weighted by Gasteiger charge is -2.26. The summed E-state index contributed by atoms with van der Waals surface area (Å²) in [6.45, 7) is 2.53. The molecule has 0 aliphatic carbocycles. The fourth-order valence-electron chi connectivity index (χ4n) is 3.17. The van der Waals surface area contributed by atoms with Gasteiger partial charge in [0.2, 0.25) is 5.91 Å². The van der Waals surface area contributed by atoms with Crippen molar-refractivity contribution in [2.75, 3.05) is 11.9 Å². The summed E-state index contributed by atoms with van der Waals surface area (Å²) >= 11 is 3.42. The van der Waals surface area contributed by atoms with Crippen LogP contribution in [0.25, 0.3) is 0 Å². The van der Waals surface area contributed by atoms with Gasteiger partial charge in [0.15, 0.2) is 0 Å². The maximum absolute atomic E-state index is 12.7. The van der Waals surface area contributed by atoms with Crippen LogP contribution in [0.1, 0.15) is 31.4 Å². The third-order valence-corrected chi connectivity index (χ3v) is 5.28. The molecule has 2 N–H and O–H groups in total. The summed E-state index contributed by atoms with van der Waals surface area (Å²) in [5.41, 5.74) is 1.74. The van der Waals surface area contributed by atoms with Crippen LogP contribution in [0.3, 0.4) is 0 Å². The van der Waals surface area contributed by atoms with Gasteiger partial charge in [-0.25, -0.2) is 4.79 Å². The maximum Gasteiger partial charge on any atom is 0.322 e. The first kappa shape index (κ1) is 18.5. The second-order valence-electron chi connectivity index (χ2n) is 6.40. The van der Waals surface area contributed by atoms with Gasteiger partial charge in [0.1, 0.15) is 6.04 Å². The van der Waals surface area contributed by atoms with Crippen LogP contribution in [-0.2, 0) is 4.79 Å². The molecule has 1 aliphatic heterocycles. The highest BCUT2D eigenvalue weighted by molar-refractivity contribution is 9.10. The number of anilines is 1. The third-order valence-electron chi connectivity index (χ3n) is 4.59. The molecule has 1 heterocycles. The van der Waals surface area contributed by atoms with Crippen molar-refractivity contribution >= 4 is 33.6 Å². The van der Waals surface area contributed by atoms with Gasteiger partial charge in [-0.15, -0.1) is 0 Å². The number of amides is 3. The Bertz CT molecular complexity index is 782. The predicted octanol–water partition coefficient (Wildman–Crippen LogP) is 4.32. The molecule has 26 heavy (non-hydrogen) atoms. The molecule has 136 valence electrons. The van der Waals surface area contributed by atoms with Crippen molar-refractivity contribution in [3.05, 3.63) is 64.6 Å². The molecular weight excluding hydrogens is 394 g/mol. The van der Waals surface area contributed by atoms with E-state index < -0.39 is 6.04 Å². The van der Waals surface area contributed by atoms with Crippen LogP contribution in [0.4, 0.5) is 10.5 Å². The van der Waals surface area contributed by atoms with Crippen molar-refractivity contribution in [3.8, 4) is 0 Å². The number of halogens is 1. The predicted molar refractivity (Wildman–Crippen MR) is 106 cm³/mol. The fraction of sp³-hybridized carbons (Fsp3) is 0.300. The number of carbonyl (C=O) groups is 2. The summed E-state index contributed by atoms with van der Waals surface area (Å²) in [6.07, 6.45) is 1.50. The number of rotatable bonds is 4. The number of nitrogens with zero attached hydrogens (tertiary/aromatic N) is 1. The Balaban J connectivity index is 1.64. The number of hydrogen-bond donors (Lipinski definition) is 2. The first-order valence-corrected chi connectivity index (χ1v) is 9.53. The summed E-state index contributed by atoms with van der Waals surface area (Å²) in [6, 6.07) is 16.5. The summed E-state index contributed by atoms with van der Waals surface area (Å²) in [5.74, 6) is -0.110. The molecule has 6 heteroatoms. The highest BCUT2D eigenvalue weighted by Crippen LogP contribution is 2.24. The zero-order valence-electron chi connectivity index (χ0n) is 14.6. The Kier molecular flexibility index (Phi) is 5.93. The molecule has 0 saturated carbocycles. The van der Waals surface area contributed by atoms with E-state index in [0.717, 1.165) is 16.5 Å². The molecule has 2 aromatic carbocycles. The van der Waals surface area contributed by atoms with Gasteiger partial charge in [-0.3, -0.25) is 4.79 Å². The van der Waals surface area contributed by atoms with Gasteiger partial charge in [0.25, 0.3) is 0 Å². The van der Waals surface area contributed by atoms with Gasteiger partial charge in [0, 0.05) is 11.0 Å². The van der Waals surface area contributed by atoms with Crippen LogP contribution in [0.2, 0.25) is 0 Å². The van der Waals surface area contributed by atoms with Crippen LogP contribution in [-0.4, -0.2) is 29.4 Å². The largest absolute Gasteiger partial charge is 0.348 e.